The van der Waals surface area contributed by atoms with Gasteiger partial charge < -0.3 is 36.5 Å². The summed E-state index contributed by atoms with van der Waals surface area (Å²) in [5, 5.41) is 8.93. The van der Waals surface area contributed by atoms with Crippen LogP contribution in [-0.4, -0.2) is 107 Å². The van der Waals surface area contributed by atoms with E-state index in [9.17, 15) is 41.1 Å². The molecule has 0 saturated carbocycles. The molecule has 0 radical (unpaired) electrons. The van der Waals surface area contributed by atoms with Crippen LogP contribution in [0.1, 0.15) is 77.8 Å². The fraction of sp³-hybridized carbons (Fsp3) is 0.686. The van der Waals surface area contributed by atoms with Crippen molar-refractivity contribution >= 4 is 29.5 Å². The van der Waals surface area contributed by atoms with Gasteiger partial charge in [0.15, 0.2) is 11.6 Å². The Morgan fingerprint density at radius 2 is 1.46 bits per heavy atom. The molecule has 52 heavy (non-hydrogen) atoms. The summed E-state index contributed by atoms with van der Waals surface area (Å²) in [7, 11) is 1.19. The van der Waals surface area contributed by atoms with Crippen molar-refractivity contribution in [1.82, 2.24) is 30.8 Å². The van der Waals surface area contributed by atoms with Crippen LogP contribution < -0.4 is 21.8 Å². The predicted octanol–water partition coefficient (Wildman–Crippen LogP) is 3.17. The molecule has 292 valence electrons. The second-order valence-corrected chi connectivity index (χ2v) is 14.2. The fourth-order valence-electron chi connectivity index (χ4n) is 6.69. The predicted molar refractivity (Wildman–Crippen MR) is 185 cm³/mol. The molecular weight excluding hydrogens is 691 g/mol. The molecule has 2 saturated heterocycles. The van der Waals surface area contributed by atoms with Gasteiger partial charge in [0, 0.05) is 33.1 Å². The van der Waals surface area contributed by atoms with E-state index in [1.54, 1.807) is 20.8 Å². The van der Waals surface area contributed by atoms with Gasteiger partial charge in [-0.3, -0.25) is 19.2 Å². The number of amides is 4. The topological polar surface area (TPSA) is 152 Å². The van der Waals surface area contributed by atoms with Crippen LogP contribution in [-0.2, 0) is 25.6 Å². The first-order valence-corrected chi connectivity index (χ1v) is 17.8. The van der Waals surface area contributed by atoms with Gasteiger partial charge in [0.05, 0.1) is 6.04 Å². The number of carbonyl (C=O) groups excluding carboxylic acids is 4. The summed E-state index contributed by atoms with van der Waals surface area (Å²) < 4.78 is 71.4. The molecule has 0 aromatic heterocycles. The highest BCUT2D eigenvalue weighted by Crippen LogP contribution is 2.26. The number of aryl methyl sites for hydroxylation is 1. The quantitative estimate of drug-likeness (QED) is 0.0752. The Morgan fingerprint density at radius 1 is 0.923 bits per heavy atom. The van der Waals surface area contributed by atoms with Gasteiger partial charge in [-0.2, -0.15) is 18.3 Å². The Labute approximate surface area is 302 Å². The number of rotatable bonds is 14. The third-order valence-electron chi connectivity index (χ3n) is 9.60. The number of nitrogens with zero attached hydrogens (tertiary/aromatic N) is 4. The molecule has 5 atom stereocenters. The van der Waals surface area contributed by atoms with E-state index in [0.717, 1.165) is 17.0 Å². The third kappa shape index (κ3) is 10.1. The Bertz CT molecular complexity index is 1470. The van der Waals surface area contributed by atoms with E-state index in [0.29, 0.717) is 25.8 Å². The summed E-state index contributed by atoms with van der Waals surface area (Å²) in [6, 6.07) is -1.98. The Hall–Kier alpha value is -4.02. The van der Waals surface area contributed by atoms with Gasteiger partial charge in [0.1, 0.15) is 24.3 Å². The van der Waals surface area contributed by atoms with Gasteiger partial charge in [0.2, 0.25) is 29.5 Å². The number of amidine groups is 1. The van der Waals surface area contributed by atoms with Crippen molar-refractivity contribution in [3.8, 4) is 0 Å². The monoisotopic (exact) mass is 744 g/mol. The molecule has 3 rings (SSSR count). The van der Waals surface area contributed by atoms with Gasteiger partial charge in [0.25, 0.3) is 0 Å². The van der Waals surface area contributed by atoms with E-state index >= 15 is 0 Å². The van der Waals surface area contributed by atoms with Crippen molar-refractivity contribution in [2.24, 2.45) is 22.7 Å². The summed E-state index contributed by atoms with van der Waals surface area (Å²) >= 11 is 0. The molecule has 4 amide bonds. The average molecular weight is 745 g/mol. The number of hydrogen-bond acceptors (Lipinski definition) is 7. The van der Waals surface area contributed by atoms with Gasteiger partial charge in [-0.1, -0.05) is 34.6 Å². The lowest BCUT2D eigenvalue weighted by molar-refractivity contribution is -0.145. The molecule has 17 heteroatoms. The number of nitrogens with two attached hydrogens (primary N) is 1. The summed E-state index contributed by atoms with van der Waals surface area (Å²) in [6.07, 6.45) is -4.97. The summed E-state index contributed by atoms with van der Waals surface area (Å²) in [5.74, 6) is -6.42. The molecule has 5 N–H and O–H groups in total. The van der Waals surface area contributed by atoms with E-state index < -0.39 is 77.6 Å². The third-order valence-corrected chi connectivity index (χ3v) is 9.60. The zero-order valence-electron chi connectivity index (χ0n) is 30.9. The molecule has 2 heterocycles. The fourth-order valence-corrected chi connectivity index (χ4v) is 6.69. The van der Waals surface area contributed by atoms with Crippen LogP contribution in [0.3, 0.4) is 0 Å². The molecule has 5 unspecified atom stereocenters. The first kappa shape index (κ1) is 42.4. The summed E-state index contributed by atoms with van der Waals surface area (Å²) in [4.78, 5) is 58.3. The highest BCUT2D eigenvalue weighted by atomic mass is 19.4. The number of benzene rings is 1. The van der Waals surface area contributed by atoms with Gasteiger partial charge in [-0.05, 0) is 74.1 Å². The minimum absolute atomic E-state index is 0.147. The molecule has 2 fully saturated rings. The number of carbonyl (C=O) groups is 4. The van der Waals surface area contributed by atoms with E-state index in [4.69, 9.17) is 5.73 Å². The lowest BCUT2D eigenvalue weighted by atomic mass is 10.0. The van der Waals surface area contributed by atoms with Crippen molar-refractivity contribution in [3.05, 3.63) is 34.9 Å². The normalized spacial score (nSPS) is 19.9. The van der Waals surface area contributed by atoms with Crippen LogP contribution in [0.15, 0.2) is 17.2 Å². The maximum atomic E-state index is 14.4. The molecule has 12 nitrogen and oxygen atoms in total. The van der Waals surface area contributed by atoms with Crippen LogP contribution in [0.4, 0.5) is 22.0 Å². The van der Waals surface area contributed by atoms with E-state index in [-0.39, 0.29) is 55.3 Å². The van der Waals surface area contributed by atoms with E-state index in [1.807, 2.05) is 13.8 Å². The van der Waals surface area contributed by atoms with Gasteiger partial charge in [-0.15, -0.1) is 0 Å². The highest BCUT2D eigenvalue weighted by Gasteiger charge is 2.45. The largest absolute Gasteiger partial charge is 0.451 e. The minimum atomic E-state index is -4.96. The van der Waals surface area contributed by atoms with Gasteiger partial charge >= 0.3 is 6.18 Å². The minimum Gasteiger partial charge on any atom is -0.342 e. The molecule has 2 aliphatic heterocycles. The molecule has 0 spiro atoms. The van der Waals surface area contributed by atoms with Crippen molar-refractivity contribution in [1.29, 1.82) is 0 Å². The second kappa shape index (κ2) is 18.1. The lowest BCUT2D eigenvalue weighted by Crippen LogP contribution is -2.61. The zero-order valence-corrected chi connectivity index (χ0v) is 30.9. The van der Waals surface area contributed by atoms with Crippen LogP contribution in [0.2, 0.25) is 0 Å². The molecular formula is C35H53F5N8O4. The Balaban J connectivity index is 1.91. The smallest absolute Gasteiger partial charge is 0.342 e. The Kier molecular flexibility index (Phi) is 14.8. The van der Waals surface area contributed by atoms with Crippen LogP contribution in [0.25, 0.3) is 0 Å². The first-order valence-electron chi connectivity index (χ1n) is 17.8. The molecule has 0 bridgehead atoms. The maximum Gasteiger partial charge on any atom is 0.451 e. The maximum absolute atomic E-state index is 14.4. The van der Waals surface area contributed by atoms with Crippen LogP contribution >= 0.6 is 0 Å². The van der Waals surface area contributed by atoms with Crippen LogP contribution in [0, 0.1) is 30.4 Å². The highest BCUT2D eigenvalue weighted by molar-refractivity contribution is 5.96. The molecule has 2 aliphatic rings. The second-order valence-electron chi connectivity index (χ2n) is 14.2. The van der Waals surface area contributed by atoms with Crippen molar-refractivity contribution in [2.45, 2.75) is 117 Å². The number of halogens is 5. The Morgan fingerprint density at radius 3 is 1.96 bits per heavy atom. The average Bonchev–Trinajstić information content (AvgIpc) is 3.76. The lowest BCUT2D eigenvalue weighted by Gasteiger charge is -2.37. The number of alkyl halides is 3. The van der Waals surface area contributed by atoms with E-state index in [2.05, 4.69) is 21.2 Å². The molecule has 0 aliphatic carbocycles. The number of likely N-dealkylation sites (tertiary alicyclic amines) is 2. The number of nitrogens with one attached hydrogen (secondary N) is 3. The van der Waals surface area contributed by atoms with Crippen LogP contribution in [0.5, 0.6) is 0 Å². The number of hydrazone groups is 1. The van der Waals surface area contributed by atoms with Crippen molar-refractivity contribution in [2.75, 3.05) is 26.7 Å². The first-order chi connectivity index (χ1) is 24.3. The molecule has 1 aromatic carbocycles. The summed E-state index contributed by atoms with van der Waals surface area (Å²) in [5.41, 5.74) is 8.67. The molecule has 1 aromatic rings. The SMILES string of the molecule is CCCN(/C(=N\NC)C(F)(F)F)C(Cc1cc(F)c(F)cc1C)NC(=O)C1CCCN1C(=O)C(NC(=O)C1CCCN1C(=O)C(N)C(C)C)C(C)C. The zero-order chi connectivity index (χ0) is 39.1. The number of hydrogen-bond donors (Lipinski definition) is 4. The van der Waals surface area contributed by atoms with Gasteiger partial charge in [-0.25, -0.2) is 8.78 Å². The van der Waals surface area contributed by atoms with Crippen molar-refractivity contribution in [3.63, 3.8) is 0 Å². The standard InChI is InChI=1S/C35H53F5N8O4/c1-8-13-48(34(45-42-7)35(38,39)40)27(18-22-17-24(37)23(36)16-21(22)6)43-30(49)25-11-10-15-47(25)33(52)29(20(4)5)44-31(50)26-12-9-14-46(26)32(51)28(41)19(2)3/h16-17,19-20,25-29,42H,8-15,18,41H2,1-7H3,(H,43,49)(H,44,50)/b45-34-. The van der Waals surface area contributed by atoms with Crippen molar-refractivity contribution < 1.29 is 41.1 Å². The summed E-state index contributed by atoms with van der Waals surface area (Å²) in [6.45, 7) is 10.5. The van der Waals surface area contributed by atoms with E-state index in [1.165, 1.54) is 23.8 Å².